The Morgan fingerprint density at radius 3 is 1.91 bits per heavy atom. The van der Waals surface area contributed by atoms with Crippen molar-refractivity contribution in [2.45, 2.75) is 0 Å². The molecule has 0 unspecified atom stereocenters. The van der Waals surface area contributed by atoms with Crippen molar-refractivity contribution < 1.29 is 19.1 Å². The van der Waals surface area contributed by atoms with Gasteiger partial charge in [-0.1, -0.05) is 12.1 Å². The summed E-state index contributed by atoms with van der Waals surface area (Å²) >= 11 is 0. The highest BCUT2D eigenvalue weighted by Gasteiger charge is 2.23. The third-order valence-corrected chi connectivity index (χ3v) is 2.65. The molecule has 0 saturated heterocycles. The van der Waals surface area contributed by atoms with Gasteiger partial charge in [-0.3, -0.25) is 4.79 Å². The van der Waals surface area contributed by atoms with Crippen LogP contribution >= 0.6 is 0 Å². The van der Waals surface area contributed by atoms with Crippen LogP contribution in [0.2, 0.25) is 0 Å². The lowest BCUT2D eigenvalue weighted by atomic mass is 9.97. The van der Waals surface area contributed by atoms with Gasteiger partial charge in [0.2, 0.25) is 5.78 Å². The molecule has 0 spiro atoms. The first-order valence-corrected chi connectivity index (χ1v) is 6.52. The van der Waals surface area contributed by atoms with Gasteiger partial charge in [0.1, 0.15) is 11.4 Å². The lowest BCUT2D eigenvalue weighted by Gasteiger charge is -2.13. The van der Waals surface area contributed by atoms with Crippen LogP contribution in [0.4, 0.5) is 4.39 Å². The molecule has 5 nitrogen and oxygen atoms in total. The Labute approximate surface area is 129 Å². The van der Waals surface area contributed by atoms with E-state index in [2.05, 4.69) is 0 Å². The molecule has 0 atom stereocenters. The minimum absolute atomic E-state index is 0.181. The molecule has 1 aromatic carbocycles. The Morgan fingerprint density at radius 1 is 1.00 bits per heavy atom. The molecule has 0 aliphatic rings. The molecule has 118 valence electrons. The Morgan fingerprint density at radius 2 is 1.50 bits per heavy atom. The van der Waals surface area contributed by atoms with Crippen LogP contribution in [0.1, 0.15) is 5.56 Å². The number of benzene rings is 1. The summed E-state index contributed by atoms with van der Waals surface area (Å²) in [4.78, 5) is 27.0. The second-order valence-corrected chi connectivity index (χ2v) is 5.15. The number of hydrogen-bond donors (Lipinski definition) is 1. The molecule has 0 fully saturated rings. The summed E-state index contributed by atoms with van der Waals surface area (Å²) in [7, 11) is 6.69. The summed E-state index contributed by atoms with van der Waals surface area (Å²) in [6.45, 7) is 0. The van der Waals surface area contributed by atoms with E-state index in [-0.39, 0.29) is 11.1 Å². The van der Waals surface area contributed by atoms with Crippen molar-refractivity contribution in [1.82, 2.24) is 9.80 Å². The molecule has 0 amide bonds. The summed E-state index contributed by atoms with van der Waals surface area (Å²) in [6.07, 6.45) is 2.76. The zero-order valence-corrected chi connectivity index (χ0v) is 13.0. The van der Waals surface area contributed by atoms with Gasteiger partial charge >= 0.3 is 5.97 Å². The predicted octanol–water partition coefficient (Wildman–Crippen LogP) is 1.83. The maximum Gasteiger partial charge on any atom is 0.341 e. The molecule has 1 rings (SSSR count). The van der Waals surface area contributed by atoms with Crippen molar-refractivity contribution in [3.05, 3.63) is 53.6 Å². The summed E-state index contributed by atoms with van der Waals surface area (Å²) in [6, 6.07) is 5.33. The first-order chi connectivity index (χ1) is 10.2. The predicted molar refractivity (Wildman–Crippen MR) is 82.5 cm³/mol. The summed E-state index contributed by atoms with van der Waals surface area (Å²) < 4.78 is 13.0. The zero-order valence-electron chi connectivity index (χ0n) is 13.0. The van der Waals surface area contributed by atoms with Gasteiger partial charge in [0.25, 0.3) is 0 Å². The van der Waals surface area contributed by atoms with Crippen molar-refractivity contribution in [1.29, 1.82) is 0 Å². The van der Waals surface area contributed by atoms with E-state index < -0.39 is 17.6 Å². The van der Waals surface area contributed by atoms with Crippen molar-refractivity contribution in [3.63, 3.8) is 0 Å². The van der Waals surface area contributed by atoms with Gasteiger partial charge < -0.3 is 14.9 Å². The number of ketones is 1. The highest BCUT2D eigenvalue weighted by molar-refractivity contribution is 6.36. The fourth-order valence-corrected chi connectivity index (χ4v) is 1.77. The Hall–Kier alpha value is -2.63. The average Bonchev–Trinajstić information content (AvgIpc) is 2.42. The summed E-state index contributed by atoms with van der Waals surface area (Å²) in [5.74, 6) is -2.38. The molecule has 0 bridgehead atoms. The zero-order chi connectivity index (χ0) is 16.9. The number of carbonyl (C=O) groups is 2. The summed E-state index contributed by atoms with van der Waals surface area (Å²) in [5, 5.41) is 9.25. The molecule has 0 saturated carbocycles. The van der Waals surface area contributed by atoms with Crippen LogP contribution in [0.15, 0.2) is 42.2 Å². The van der Waals surface area contributed by atoms with Crippen LogP contribution in [0.25, 0.3) is 5.57 Å². The monoisotopic (exact) mass is 306 g/mol. The van der Waals surface area contributed by atoms with Gasteiger partial charge in [0, 0.05) is 46.2 Å². The maximum atomic E-state index is 13.0. The van der Waals surface area contributed by atoms with Gasteiger partial charge in [-0.05, 0) is 17.7 Å². The number of allylic oxidation sites excluding steroid dienone is 1. The maximum absolute atomic E-state index is 13.0. The SMILES string of the molecule is CN(C)C=C(C(=O)O)C(=O)C(=CN(C)C)c1ccc(F)cc1. The van der Waals surface area contributed by atoms with Crippen LogP contribution < -0.4 is 0 Å². The van der Waals surface area contributed by atoms with E-state index in [0.29, 0.717) is 5.56 Å². The van der Waals surface area contributed by atoms with E-state index in [4.69, 9.17) is 0 Å². The van der Waals surface area contributed by atoms with Crippen LogP contribution in [0.3, 0.4) is 0 Å². The van der Waals surface area contributed by atoms with Crippen molar-refractivity contribution >= 4 is 17.3 Å². The van der Waals surface area contributed by atoms with Gasteiger partial charge in [0.05, 0.1) is 0 Å². The standard InChI is InChI=1S/C16H19FN2O3/c1-18(2)9-13(11-5-7-12(17)8-6-11)15(20)14(16(21)22)10-19(3)4/h5-10H,1-4H3,(H,21,22). The second-order valence-electron chi connectivity index (χ2n) is 5.15. The first-order valence-electron chi connectivity index (χ1n) is 6.52. The molecule has 1 N–H and O–H groups in total. The fraction of sp³-hybridized carbons (Fsp3) is 0.250. The molecule has 0 heterocycles. The third-order valence-electron chi connectivity index (χ3n) is 2.65. The van der Waals surface area contributed by atoms with Crippen molar-refractivity contribution in [2.75, 3.05) is 28.2 Å². The number of Topliss-reactive ketones (excluding diaryl/α,β-unsaturated/α-hetero) is 1. The number of carboxylic acid groups (broad SMARTS) is 1. The van der Waals surface area contributed by atoms with E-state index in [9.17, 15) is 19.1 Å². The van der Waals surface area contributed by atoms with Gasteiger partial charge in [-0.2, -0.15) is 0 Å². The molecule has 22 heavy (non-hydrogen) atoms. The highest BCUT2D eigenvalue weighted by atomic mass is 19.1. The molecule has 0 aliphatic carbocycles. The molecule has 1 aromatic rings. The third kappa shape index (κ3) is 4.73. The van der Waals surface area contributed by atoms with Crippen LogP contribution in [-0.2, 0) is 9.59 Å². The Balaban J connectivity index is 3.36. The molecule has 0 aliphatic heterocycles. The molecular weight excluding hydrogens is 287 g/mol. The van der Waals surface area contributed by atoms with E-state index >= 15 is 0 Å². The minimum atomic E-state index is -1.31. The molecule has 6 heteroatoms. The highest BCUT2D eigenvalue weighted by Crippen LogP contribution is 2.20. The topological polar surface area (TPSA) is 60.9 Å². The molecule has 0 aromatic heterocycles. The smallest absolute Gasteiger partial charge is 0.341 e. The van der Waals surface area contributed by atoms with Crippen LogP contribution in [0.5, 0.6) is 0 Å². The largest absolute Gasteiger partial charge is 0.477 e. The van der Waals surface area contributed by atoms with Crippen molar-refractivity contribution in [2.24, 2.45) is 0 Å². The van der Waals surface area contributed by atoms with Crippen LogP contribution in [0, 0.1) is 5.82 Å². The number of hydrogen-bond acceptors (Lipinski definition) is 4. The number of rotatable bonds is 6. The second kappa shape index (κ2) is 7.40. The molecular formula is C16H19FN2O3. The number of carbonyl (C=O) groups excluding carboxylic acids is 1. The normalized spacial score (nSPS) is 12.0. The fourth-order valence-electron chi connectivity index (χ4n) is 1.77. The Kier molecular flexibility index (Phi) is 5.86. The number of nitrogens with zero attached hydrogens (tertiary/aromatic N) is 2. The summed E-state index contributed by atoms with van der Waals surface area (Å²) in [5.41, 5.74) is 0.272. The lowest BCUT2D eigenvalue weighted by molar-refractivity contribution is -0.134. The quantitative estimate of drug-likeness (QED) is 0.493. The number of halogens is 1. The lowest BCUT2D eigenvalue weighted by Crippen LogP contribution is -2.19. The van der Waals surface area contributed by atoms with Crippen LogP contribution in [-0.4, -0.2) is 54.8 Å². The van der Waals surface area contributed by atoms with E-state index in [1.54, 1.807) is 33.1 Å². The van der Waals surface area contributed by atoms with E-state index in [1.807, 2.05) is 0 Å². The number of carboxylic acids is 1. The first kappa shape index (κ1) is 17.4. The van der Waals surface area contributed by atoms with E-state index in [1.165, 1.54) is 41.6 Å². The van der Waals surface area contributed by atoms with Gasteiger partial charge in [0.15, 0.2) is 0 Å². The van der Waals surface area contributed by atoms with Gasteiger partial charge in [-0.15, -0.1) is 0 Å². The Bertz CT molecular complexity index is 617. The molecule has 0 radical (unpaired) electrons. The van der Waals surface area contributed by atoms with Gasteiger partial charge in [-0.25, -0.2) is 9.18 Å². The van der Waals surface area contributed by atoms with E-state index in [0.717, 1.165) is 0 Å². The van der Waals surface area contributed by atoms with Crippen molar-refractivity contribution in [3.8, 4) is 0 Å². The number of aliphatic carboxylic acids is 1. The minimum Gasteiger partial charge on any atom is -0.477 e. The average molecular weight is 306 g/mol.